The van der Waals surface area contributed by atoms with Crippen molar-refractivity contribution in [2.24, 2.45) is 0 Å². The van der Waals surface area contributed by atoms with Crippen LogP contribution in [0.2, 0.25) is 0 Å². The first-order valence-corrected chi connectivity index (χ1v) is 7.94. The first-order valence-electron chi connectivity index (χ1n) is 7.94. The Morgan fingerprint density at radius 1 is 1.00 bits per heavy atom. The van der Waals surface area contributed by atoms with E-state index >= 15 is 0 Å². The van der Waals surface area contributed by atoms with Crippen molar-refractivity contribution in [2.75, 3.05) is 6.61 Å². The van der Waals surface area contributed by atoms with Crippen LogP contribution in [0.1, 0.15) is 53.3 Å². The van der Waals surface area contributed by atoms with Crippen LogP contribution in [0.15, 0.2) is 36.7 Å². The predicted molar refractivity (Wildman–Crippen MR) is 88.9 cm³/mol. The van der Waals surface area contributed by atoms with Gasteiger partial charge in [0.25, 0.3) is 0 Å². The number of carboxylic acid groups (broad SMARTS) is 1. The summed E-state index contributed by atoms with van der Waals surface area (Å²) in [6.45, 7) is 2.52. The highest BCUT2D eigenvalue weighted by atomic mass is 16.5. The summed E-state index contributed by atoms with van der Waals surface area (Å²) >= 11 is 0. The highest BCUT2D eigenvalue weighted by Gasteiger charge is 2.11. The monoisotopic (exact) mass is 328 g/mol. The van der Waals surface area contributed by atoms with Crippen LogP contribution in [0.3, 0.4) is 0 Å². The van der Waals surface area contributed by atoms with Crippen molar-refractivity contribution in [1.29, 1.82) is 0 Å². The second-order valence-electron chi connectivity index (χ2n) is 5.36. The molecule has 2 aromatic heterocycles. The van der Waals surface area contributed by atoms with Gasteiger partial charge in [-0.2, -0.15) is 0 Å². The molecule has 2 aromatic rings. The fourth-order valence-corrected chi connectivity index (χ4v) is 2.18. The van der Waals surface area contributed by atoms with Gasteiger partial charge >= 0.3 is 11.9 Å². The second kappa shape index (κ2) is 8.76. The van der Waals surface area contributed by atoms with Crippen LogP contribution in [0.4, 0.5) is 0 Å². The number of carboxylic acids is 1. The Morgan fingerprint density at radius 3 is 2.25 bits per heavy atom. The Balaban J connectivity index is 2.07. The number of esters is 1. The van der Waals surface area contributed by atoms with Gasteiger partial charge in [0.05, 0.1) is 29.1 Å². The Labute approximate surface area is 140 Å². The third-order valence-corrected chi connectivity index (χ3v) is 3.50. The zero-order valence-electron chi connectivity index (χ0n) is 13.6. The summed E-state index contributed by atoms with van der Waals surface area (Å²) in [5.74, 6) is -1.45. The van der Waals surface area contributed by atoms with E-state index in [2.05, 4.69) is 16.9 Å². The minimum absolute atomic E-state index is 0.116. The van der Waals surface area contributed by atoms with E-state index in [9.17, 15) is 9.59 Å². The average Bonchev–Trinajstić information content (AvgIpc) is 2.61. The summed E-state index contributed by atoms with van der Waals surface area (Å²) in [5.41, 5.74) is 1.31. The highest BCUT2D eigenvalue weighted by molar-refractivity contribution is 5.91. The normalized spacial score (nSPS) is 10.4. The molecule has 0 aliphatic carbocycles. The number of nitrogens with zero attached hydrogens (tertiary/aromatic N) is 2. The number of hydrogen-bond donors (Lipinski definition) is 1. The largest absolute Gasteiger partial charge is 0.478 e. The van der Waals surface area contributed by atoms with Crippen LogP contribution in [-0.4, -0.2) is 33.6 Å². The zero-order valence-corrected chi connectivity index (χ0v) is 13.6. The van der Waals surface area contributed by atoms with Gasteiger partial charge in [0.2, 0.25) is 0 Å². The number of hydrogen-bond acceptors (Lipinski definition) is 5. The van der Waals surface area contributed by atoms with Crippen LogP contribution in [-0.2, 0) is 4.74 Å². The number of pyridine rings is 2. The van der Waals surface area contributed by atoms with E-state index in [-0.39, 0.29) is 5.56 Å². The molecule has 1 N–H and O–H groups in total. The van der Waals surface area contributed by atoms with Gasteiger partial charge in [0.1, 0.15) is 0 Å². The van der Waals surface area contributed by atoms with Gasteiger partial charge in [-0.05, 0) is 30.7 Å². The fourth-order valence-electron chi connectivity index (χ4n) is 2.18. The van der Waals surface area contributed by atoms with Gasteiger partial charge in [-0.1, -0.05) is 26.2 Å². The zero-order chi connectivity index (χ0) is 17.4. The van der Waals surface area contributed by atoms with Crippen LogP contribution in [0.5, 0.6) is 0 Å². The molecule has 0 unspecified atom stereocenters. The lowest BCUT2D eigenvalue weighted by Crippen LogP contribution is -2.07. The maximum atomic E-state index is 12.1. The molecule has 0 aromatic carbocycles. The van der Waals surface area contributed by atoms with Crippen LogP contribution in [0, 0.1) is 0 Å². The quantitative estimate of drug-likeness (QED) is 0.588. The van der Waals surface area contributed by atoms with Gasteiger partial charge in [-0.15, -0.1) is 0 Å². The molecule has 0 saturated heterocycles. The van der Waals surface area contributed by atoms with Crippen molar-refractivity contribution >= 4 is 11.9 Å². The van der Waals surface area contributed by atoms with Crippen LogP contribution >= 0.6 is 0 Å². The van der Waals surface area contributed by atoms with E-state index in [0.717, 1.165) is 25.7 Å². The van der Waals surface area contributed by atoms with Gasteiger partial charge in [0, 0.05) is 12.4 Å². The van der Waals surface area contributed by atoms with Gasteiger partial charge in [-0.3, -0.25) is 9.97 Å². The van der Waals surface area contributed by atoms with E-state index in [4.69, 9.17) is 9.84 Å². The second-order valence-corrected chi connectivity index (χ2v) is 5.36. The standard InChI is InChI=1S/C18H20N2O4/c1-2-3-4-5-10-24-18(23)14-7-9-20-16(12-14)15-11-13(17(21)22)6-8-19-15/h6-9,11-12H,2-5,10H2,1H3,(H,21,22). The lowest BCUT2D eigenvalue weighted by atomic mass is 10.1. The van der Waals surface area contributed by atoms with E-state index < -0.39 is 11.9 Å². The number of carbonyl (C=O) groups is 2. The van der Waals surface area contributed by atoms with Gasteiger partial charge in [0.15, 0.2) is 0 Å². The molecule has 0 spiro atoms. The number of carbonyl (C=O) groups excluding carboxylic acids is 1. The lowest BCUT2D eigenvalue weighted by molar-refractivity contribution is 0.0497. The molecule has 0 amide bonds. The van der Waals surface area contributed by atoms with Crippen molar-refractivity contribution in [3.05, 3.63) is 47.8 Å². The summed E-state index contributed by atoms with van der Waals surface area (Å²) in [6.07, 6.45) is 7.03. The highest BCUT2D eigenvalue weighted by Crippen LogP contribution is 2.17. The lowest BCUT2D eigenvalue weighted by Gasteiger charge is -2.06. The first kappa shape index (κ1) is 17.6. The van der Waals surface area contributed by atoms with Crippen molar-refractivity contribution in [2.45, 2.75) is 32.6 Å². The average molecular weight is 328 g/mol. The Kier molecular flexibility index (Phi) is 6.42. The molecule has 6 heteroatoms. The maximum absolute atomic E-state index is 12.1. The SMILES string of the molecule is CCCCCCOC(=O)c1ccnc(-c2cc(C(=O)O)ccn2)c1. The Bertz CT molecular complexity index is 716. The molecule has 0 radical (unpaired) electrons. The summed E-state index contributed by atoms with van der Waals surface area (Å²) < 4.78 is 5.25. The summed E-state index contributed by atoms with van der Waals surface area (Å²) in [6, 6.07) is 5.95. The molecular formula is C18H20N2O4. The Hall–Kier alpha value is -2.76. The molecule has 0 fully saturated rings. The molecule has 0 aliphatic heterocycles. The third-order valence-electron chi connectivity index (χ3n) is 3.50. The topological polar surface area (TPSA) is 89.4 Å². The van der Waals surface area contributed by atoms with Gasteiger partial charge in [-0.25, -0.2) is 9.59 Å². The maximum Gasteiger partial charge on any atom is 0.338 e. The molecule has 126 valence electrons. The fraction of sp³-hybridized carbons (Fsp3) is 0.333. The Morgan fingerprint density at radius 2 is 1.62 bits per heavy atom. The minimum atomic E-state index is -1.04. The molecule has 2 rings (SSSR count). The number of rotatable bonds is 8. The number of aromatic nitrogens is 2. The molecule has 2 heterocycles. The molecule has 6 nitrogen and oxygen atoms in total. The van der Waals surface area contributed by atoms with Crippen LogP contribution < -0.4 is 0 Å². The molecular weight excluding hydrogens is 308 g/mol. The molecule has 0 aliphatic rings. The summed E-state index contributed by atoms with van der Waals surface area (Å²) in [5, 5.41) is 9.04. The van der Waals surface area contributed by atoms with Crippen molar-refractivity contribution in [1.82, 2.24) is 9.97 Å². The predicted octanol–water partition coefficient (Wildman–Crippen LogP) is 3.58. The van der Waals surface area contributed by atoms with Crippen molar-refractivity contribution in [3.8, 4) is 11.4 Å². The van der Waals surface area contributed by atoms with Crippen LogP contribution in [0.25, 0.3) is 11.4 Å². The minimum Gasteiger partial charge on any atom is -0.478 e. The smallest absolute Gasteiger partial charge is 0.338 e. The molecule has 24 heavy (non-hydrogen) atoms. The first-order chi connectivity index (χ1) is 11.6. The van der Waals surface area contributed by atoms with E-state index in [1.807, 2.05) is 0 Å². The number of ether oxygens (including phenoxy) is 1. The van der Waals surface area contributed by atoms with Crippen molar-refractivity contribution < 1.29 is 19.4 Å². The van der Waals surface area contributed by atoms with Gasteiger partial charge < -0.3 is 9.84 Å². The number of aromatic carboxylic acids is 1. The molecule has 0 saturated carbocycles. The summed E-state index contributed by atoms with van der Waals surface area (Å²) in [7, 11) is 0. The van der Waals surface area contributed by atoms with Crippen molar-refractivity contribution in [3.63, 3.8) is 0 Å². The van der Waals surface area contributed by atoms with E-state index in [1.165, 1.54) is 24.5 Å². The third kappa shape index (κ3) is 4.87. The number of unbranched alkanes of at least 4 members (excludes halogenated alkanes) is 3. The van der Waals surface area contributed by atoms with E-state index in [1.54, 1.807) is 12.1 Å². The molecule has 0 bridgehead atoms. The summed E-state index contributed by atoms with van der Waals surface area (Å²) in [4.78, 5) is 31.4. The van der Waals surface area contributed by atoms with E-state index in [0.29, 0.717) is 23.6 Å². The molecule has 0 atom stereocenters.